The molecule has 1 aliphatic carbocycles. The SMILES string of the molecule is CCOC(=O)C1CC(=O)Cc2ccccc21. The number of Topliss-reactive ketones (excluding diaryl/α,β-unsaturated/α-hetero) is 1. The maximum atomic E-state index is 11.7. The first-order valence-corrected chi connectivity index (χ1v) is 5.48. The molecule has 1 atom stereocenters. The van der Waals surface area contributed by atoms with Crippen molar-refractivity contribution >= 4 is 11.8 Å². The summed E-state index contributed by atoms with van der Waals surface area (Å²) >= 11 is 0. The van der Waals surface area contributed by atoms with Gasteiger partial charge in [-0.15, -0.1) is 0 Å². The summed E-state index contributed by atoms with van der Waals surface area (Å²) in [6, 6.07) is 7.59. The van der Waals surface area contributed by atoms with E-state index in [-0.39, 0.29) is 18.2 Å². The molecule has 0 N–H and O–H groups in total. The highest BCUT2D eigenvalue weighted by atomic mass is 16.5. The number of ketones is 1. The first-order valence-electron chi connectivity index (χ1n) is 5.48. The number of ether oxygens (including phenoxy) is 1. The highest BCUT2D eigenvalue weighted by molar-refractivity contribution is 5.92. The molecule has 84 valence electrons. The molecule has 0 saturated carbocycles. The van der Waals surface area contributed by atoms with E-state index in [1.807, 2.05) is 24.3 Å². The number of benzene rings is 1. The number of rotatable bonds is 2. The molecule has 3 heteroatoms. The lowest BCUT2D eigenvalue weighted by Gasteiger charge is -2.22. The van der Waals surface area contributed by atoms with E-state index in [0.29, 0.717) is 13.0 Å². The lowest BCUT2D eigenvalue weighted by Crippen LogP contribution is -2.25. The Morgan fingerprint density at radius 1 is 1.44 bits per heavy atom. The fourth-order valence-corrected chi connectivity index (χ4v) is 2.11. The lowest BCUT2D eigenvalue weighted by atomic mass is 9.82. The third-order valence-electron chi connectivity index (χ3n) is 2.82. The molecule has 0 spiro atoms. The number of hydrogen-bond acceptors (Lipinski definition) is 3. The van der Waals surface area contributed by atoms with Crippen molar-refractivity contribution in [3.63, 3.8) is 0 Å². The van der Waals surface area contributed by atoms with Gasteiger partial charge >= 0.3 is 5.97 Å². The van der Waals surface area contributed by atoms with Crippen molar-refractivity contribution in [3.05, 3.63) is 35.4 Å². The number of carbonyl (C=O) groups excluding carboxylic acids is 2. The number of hydrogen-bond donors (Lipinski definition) is 0. The van der Waals surface area contributed by atoms with E-state index in [0.717, 1.165) is 11.1 Å². The molecule has 0 amide bonds. The normalized spacial score (nSPS) is 19.1. The average Bonchev–Trinajstić information content (AvgIpc) is 2.28. The van der Waals surface area contributed by atoms with E-state index in [1.165, 1.54) is 0 Å². The van der Waals surface area contributed by atoms with E-state index in [1.54, 1.807) is 6.92 Å². The Morgan fingerprint density at radius 3 is 2.94 bits per heavy atom. The smallest absolute Gasteiger partial charge is 0.313 e. The van der Waals surface area contributed by atoms with Crippen molar-refractivity contribution in [1.29, 1.82) is 0 Å². The average molecular weight is 218 g/mol. The van der Waals surface area contributed by atoms with Gasteiger partial charge in [-0.05, 0) is 18.1 Å². The van der Waals surface area contributed by atoms with Crippen LogP contribution < -0.4 is 0 Å². The first-order chi connectivity index (χ1) is 7.72. The number of fused-ring (bicyclic) bond motifs is 1. The number of carbonyl (C=O) groups is 2. The summed E-state index contributed by atoms with van der Waals surface area (Å²) in [6.07, 6.45) is 0.710. The van der Waals surface area contributed by atoms with E-state index in [2.05, 4.69) is 0 Å². The Hall–Kier alpha value is -1.64. The van der Waals surface area contributed by atoms with Gasteiger partial charge < -0.3 is 4.74 Å². The fourth-order valence-electron chi connectivity index (χ4n) is 2.11. The monoisotopic (exact) mass is 218 g/mol. The van der Waals surface area contributed by atoms with Gasteiger partial charge in [-0.2, -0.15) is 0 Å². The molecular weight excluding hydrogens is 204 g/mol. The van der Waals surface area contributed by atoms with Crippen molar-refractivity contribution in [3.8, 4) is 0 Å². The van der Waals surface area contributed by atoms with Gasteiger partial charge in [0.15, 0.2) is 0 Å². The van der Waals surface area contributed by atoms with Gasteiger partial charge in [0.05, 0.1) is 12.5 Å². The van der Waals surface area contributed by atoms with E-state index in [4.69, 9.17) is 4.74 Å². The largest absolute Gasteiger partial charge is 0.466 e. The summed E-state index contributed by atoms with van der Waals surface area (Å²) in [4.78, 5) is 23.3. The third-order valence-corrected chi connectivity index (χ3v) is 2.82. The van der Waals surface area contributed by atoms with Crippen molar-refractivity contribution in [2.75, 3.05) is 6.61 Å². The molecule has 0 fully saturated rings. The molecule has 1 unspecified atom stereocenters. The Bertz CT molecular complexity index is 423. The van der Waals surface area contributed by atoms with Crippen LogP contribution in [-0.2, 0) is 20.7 Å². The molecule has 0 heterocycles. The fraction of sp³-hybridized carbons (Fsp3) is 0.385. The Kier molecular flexibility index (Phi) is 3.04. The summed E-state index contributed by atoms with van der Waals surface area (Å²) in [6.45, 7) is 2.13. The Balaban J connectivity index is 2.33. The van der Waals surface area contributed by atoms with Gasteiger partial charge in [-0.25, -0.2) is 0 Å². The van der Waals surface area contributed by atoms with Crippen LogP contribution in [0, 0.1) is 0 Å². The van der Waals surface area contributed by atoms with Crippen LogP contribution in [0.15, 0.2) is 24.3 Å². The molecule has 0 aliphatic heterocycles. The van der Waals surface area contributed by atoms with Crippen LogP contribution in [0.2, 0.25) is 0 Å². The first kappa shape index (κ1) is 10.9. The van der Waals surface area contributed by atoms with Crippen LogP contribution in [0.1, 0.15) is 30.4 Å². The molecule has 1 aromatic rings. The Labute approximate surface area is 94.4 Å². The van der Waals surface area contributed by atoms with E-state index < -0.39 is 5.92 Å². The summed E-state index contributed by atoms with van der Waals surface area (Å²) in [5.74, 6) is -0.586. The minimum absolute atomic E-state index is 0.108. The van der Waals surface area contributed by atoms with Gasteiger partial charge in [0.2, 0.25) is 0 Å². The van der Waals surface area contributed by atoms with Crippen molar-refractivity contribution < 1.29 is 14.3 Å². The predicted molar refractivity (Wildman–Crippen MR) is 59.1 cm³/mol. The van der Waals surface area contributed by atoms with E-state index >= 15 is 0 Å². The van der Waals surface area contributed by atoms with Crippen molar-refractivity contribution in [2.45, 2.75) is 25.7 Å². The molecule has 0 aromatic heterocycles. The topological polar surface area (TPSA) is 43.4 Å². The second-order valence-corrected chi connectivity index (χ2v) is 3.92. The minimum Gasteiger partial charge on any atom is -0.466 e. The maximum absolute atomic E-state index is 11.7. The summed E-state index contributed by atoms with van der Waals surface area (Å²) < 4.78 is 5.00. The third kappa shape index (κ3) is 1.98. The molecule has 0 bridgehead atoms. The lowest BCUT2D eigenvalue weighted by molar-refractivity contribution is -0.146. The van der Waals surface area contributed by atoms with Gasteiger partial charge in [0.25, 0.3) is 0 Å². The standard InChI is InChI=1S/C13H14O3/c1-2-16-13(15)12-8-10(14)7-9-5-3-4-6-11(9)12/h3-6,12H,2,7-8H2,1H3. The van der Waals surface area contributed by atoms with Gasteiger partial charge in [-0.1, -0.05) is 24.3 Å². The van der Waals surface area contributed by atoms with Crippen LogP contribution >= 0.6 is 0 Å². The van der Waals surface area contributed by atoms with Crippen LogP contribution in [0.3, 0.4) is 0 Å². The van der Waals surface area contributed by atoms with Crippen molar-refractivity contribution in [1.82, 2.24) is 0 Å². The summed E-state index contributed by atoms with van der Waals surface area (Å²) in [7, 11) is 0. The quantitative estimate of drug-likeness (QED) is 0.711. The molecule has 2 rings (SSSR count). The van der Waals surface area contributed by atoms with Crippen LogP contribution in [0.5, 0.6) is 0 Å². The second-order valence-electron chi connectivity index (χ2n) is 3.92. The van der Waals surface area contributed by atoms with Gasteiger partial charge in [-0.3, -0.25) is 9.59 Å². The zero-order chi connectivity index (χ0) is 11.5. The zero-order valence-corrected chi connectivity index (χ0v) is 9.23. The molecular formula is C13H14O3. The van der Waals surface area contributed by atoms with E-state index in [9.17, 15) is 9.59 Å². The molecule has 0 radical (unpaired) electrons. The predicted octanol–water partition coefficient (Wildman–Crippen LogP) is 1.85. The molecule has 0 saturated heterocycles. The highest BCUT2D eigenvalue weighted by Crippen LogP contribution is 2.30. The van der Waals surface area contributed by atoms with Gasteiger partial charge in [0, 0.05) is 12.8 Å². The van der Waals surface area contributed by atoms with Gasteiger partial charge in [0.1, 0.15) is 5.78 Å². The van der Waals surface area contributed by atoms with Crippen LogP contribution in [-0.4, -0.2) is 18.4 Å². The number of esters is 1. The molecule has 16 heavy (non-hydrogen) atoms. The van der Waals surface area contributed by atoms with Crippen LogP contribution in [0.25, 0.3) is 0 Å². The summed E-state index contributed by atoms with van der Waals surface area (Å²) in [5.41, 5.74) is 1.90. The maximum Gasteiger partial charge on any atom is 0.313 e. The molecule has 1 aromatic carbocycles. The summed E-state index contributed by atoms with van der Waals surface area (Å²) in [5, 5.41) is 0. The minimum atomic E-state index is -0.405. The second kappa shape index (κ2) is 4.47. The molecule has 1 aliphatic rings. The van der Waals surface area contributed by atoms with Crippen LogP contribution in [0.4, 0.5) is 0 Å². The molecule has 3 nitrogen and oxygen atoms in total. The highest BCUT2D eigenvalue weighted by Gasteiger charge is 2.31. The van der Waals surface area contributed by atoms with Crippen molar-refractivity contribution in [2.24, 2.45) is 0 Å². The zero-order valence-electron chi connectivity index (χ0n) is 9.23. The Morgan fingerprint density at radius 2 is 2.19 bits per heavy atom.